The summed E-state index contributed by atoms with van der Waals surface area (Å²) in [6, 6.07) is 11.1. The number of rotatable bonds is 4. The predicted octanol–water partition coefficient (Wildman–Crippen LogP) is 2.52. The highest BCUT2D eigenvalue weighted by atomic mass is 15.3. The highest BCUT2D eigenvalue weighted by Gasteiger charge is 2.31. The molecule has 2 heterocycles. The van der Waals surface area contributed by atoms with Gasteiger partial charge in [0, 0.05) is 12.6 Å². The molecule has 1 N–H and O–H groups in total. The van der Waals surface area contributed by atoms with Crippen molar-refractivity contribution in [2.45, 2.75) is 25.4 Å². The Kier molecular flexibility index (Phi) is 2.62. The number of nitrogens with zero attached hydrogens (tertiary/aromatic N) is 4. The van der Waals surface area contributed by atoms with Crippen molar-refractivity contribution in [3.05, 3.63) is 48.5 Å². The first-order chi connectivity index (χ1) is 9.92. The van der Waals surface area contributed by atoms with Crippen LogP contribution in [0.3, 0.4) is 0 Å². The average molecular weight is 265 g/mol. The van der Waals surface area contributed by atoms with E-state index in [0.29, 0.717) is 6.04 Å². The molecule has 1 aliphatic carbocycles. The van der Waals surface area contributed by atoms with Gasteiger partial charge in [0.1, 0.15) is 11.8 Å². The van der Waals surface area contributed by atoms with Gasteiger partial charge in [-0.05, 0) is 18.4 Å². The third kappa shape index (κ3) is 2.01. The van der Waals surface area contributed by atoms with Gasteiger partial charge < -0.3 is 9.88 Å². The summed E-state index contributed by atoms with van der Waals surface area (Å²) in [7, 11) is 0. The molecule has 5 nitrogen and oxygen atoms in total. The fourth-order valence-electron chi connectivity index (χ4n) is 2.51. The van der Waals surface area contributed by atoms with Gasteiger partial charge in [-0.15, -0.1) is 0 Å². The van der Waals surface area contributed by atoms with Crippen molar-refractivity contribution < 1.29 is 0 Å². The fourth-order valence-corrected chi connectivity index (χ4v) is 2.51. The first kappa shape index (κ1) is 11.4. The molecule has 5 heteroatoms. The third-order valence-corrected chi connectivity index (χ3v) is 3.66. The SMILES string of the molecule is c1ccc(CN(c2ncnc3nc[nH]c23)C2CC2)cc1. The molecule has 0 aliphatic heterocycles. The van der Waals surface area contributed by atoms with Gasteiger partial charge in [-0.3, -0.25) is 0 Å². The van der Waals surface area contributed by atoms with Crippen LogP contribution < -0.4 is 4.90 Å². The number of nitrogens with one attached hydrogen (secondary N) is 1. The number of benzene rings is 1. The van der Waals surface area contributed by atoms with Crippen LogP contribution in [-0.4, -0.2) is 26.0 Å². The normalized spacial score (nSPS) is 14.6. The lowest BCUT2D eigenvalue weighted by atomic mass is 10.2. The highest BCUT2D eigenvalue weighted by Crippen LogP contribution is 2.34. The Bertz CT molecular complexity index is 717. The van der Waals surface area contributed by atoms with E-state index < -0.39 is 0 Å². The summed E-state index contributed by atoms with van der Waals surface area (Å²) in [6.07, 6.45) is 5.73. The Labute approximate surface area is 116 Å². The second-order valence-corrected chi connectivity index (χ2v) is 5.14. The molecule has 4 rings (SSSR count). The van der Waals surface area contributed by atoms with Crippen molar-refractivity contribution in [1.29, 1.82) is 0 Å². The second kappa shape index (κ2) is 4.59. The van der Waals surface area contributed by atoms with Gasteiger partial charge in [0.15, 0.2) is 11.5 Å². The zero-order valence-corrected chi connectivity index (χ0v) is 11.0. The van der Waals surface area contributed by atoms with E-state index in [1.807, 2.05) is 6.07 Å². The molecule has 100 valence electrons. The summed E-state index contributed by atoms with van der Waals surface area (Å²) in [5.41, 5.74) is 2.95. The minimum atomic E-state index is 0.580. The number of H-pyrrole nitrogens is 1. The van der Waals surface area contributed by atoms with E-state index in [0.717, 1.165) is 23.5 Å². The molecule has 1 aromatic carbocycles. The minimum absolute atomic E-state index is 0.580. The highest BCUT2D eigenvalue weighted by molar-refractivity contribution is 5.83. The van der Waals surface area contributed by atoms with Crippen LogP contribution in [0.5, 0.6) is 0 Å². The van der Waals surface area contributed by atoms with Crippen molar-refractivity contribution in [2.75, 3.05) is 4.90 Å². The molecule has 0 spiro atoms. The topological polar surface area (TPSA) is 57.7 Å². The van der Waals surface area contributed by atoms with E-state index in [9.17, 15) is 0 Å². The first-order valence-corrected chi connectivity index (χ1v) is 6.86. The fraction of sp³-hybridized carbons (Fsp3) is 0.267. The molecule has 3 aromatic rings. The van der Waals surface area contributed by atoms with Crippen molar-refractivity contribution in [2.24, 2.45) is 0 Å². The van der Waals surface area contributed by atoms with Gasteiger partial charge >= 0.3 is 0 Å². The van der Waals surface area contributed by atoms with Crippen LogP contribution >= 0.6 is 0 Å². The monoisotopic (exact) mass is 265 g/mol. The maximum absolute atomic E-state index is 4.48. The third-order valence-electron chi connectivity index (χ3n) is 3.66. The van der Waals surface area contributed by atoms with Crippen LogP contribution in [0.2, 0.25) is 0 Å². The van der Waals surface area contributed by atoms with E-state index in [1.165, 1.54) is 18.4 Å². The molecule has 20 heavy (non-hydrogen) atoms. The number of imidazole rings is 1. The van der Waals surface area contributed by atoms with Gasteiger partial charge in [0.2, 0.25) is 0 Å². The summed E-state index contributed by atoms with van der Waals surface area (Å²) in [4.78, 5) is 18.4. The standard InChI is InChI=1S/C15H15N5/c1-2-4-11(5-3-1)8-20(12-6-7-12)15-13-14(17-9-16-13)18-10-19-15/h1-5,9-10,12H,6-8H2,(H,16,17,18,19). The van der Waals surface area contributed by atoms with E-state index in [2.05, 4.69) is 49.1 Å². The summed E-state index contributed by atoms with van der Waals surface area (Å²) in [5.74, 6) is 0.957. The summed E-state index contributed by atoms with van der Waals surface area (Å²) >= 11 is 0. The van der Waals surface area contributed by atoms with Gasteiger partial charge in [0.25, 0.3) is 0 Å². The predicted molar refractivity (Wildman–Crippen MR) is 77.3 cm³/mol. The number of anilines is 1. The zero-order chi connectivity index (χ0) is 13.4. The largest absolute Gasteiger partial charge is 0.347 e. The molecule has 0 saturated heterocycles. The number of hydrogen-bond donors (Lipinski definition) is 1. The average Bonchev–Trinajstić information content (AvgIpc) is 3.22. The minimum Gasteiger partial charge on any atom is -0.347 e. The van der Waals surface area contributed by atoms with E-state index in [1.54, 1.807) is 12.7 Å². The maximum atomic E-state index is 4.48. The van der Waals surface area contributed by atoms with Crippen LogP contribution in [0.4, 0.5) is 5.82 Å². The Balaban J connectivity index is 1.74. The molecule has 2 aromatic heterocycles. The first-order valence-electron chi connectivity index (χ1n) is 6.86. The molecule has 0 amide bonds. The van der Waals surface area contributed by atoms with E-state index >= 15 is 0 Å². The van der Waals surface area contributed by atoms with E-state index in [4.69, 9.17) is 0 Å². The quantitative estimate of drug-likeness (QED) is 0.787. The van der Waals surface area contributed by atoms with Crippen molar-refractivity contribution in [3.63, 3.8) is 0 Å². The summed E-state index contributed by atoms with van der Waals surface area (Å²) in [5, 5.41) is 0. The number of fused-ring (bicyclic) bond motifs is 1. The van der Waals surface area contributed by atoms with Crippen LogP contribution in [0.25, 0.3) is 11.2 Å². The lowest BCUT2D eigenvalue weighted by Crippen LogP contribution is -2.26. The van der Waals surface area contributed by atoms with Crippen molar-refractivity contribution >= 4 is 17.0 Å². The molecule has 0 unspecified atom stereocenters. The molecular weight excluding hydrogens is 250 g/mol. The maximum Gasteiger partial charge on any atom is 0.182 e. The zero-order valence-electron chi connectivity index (χ0n) is 11.0. The molecule has 1 saturated carbocycles. The molecule has 0 bridgehead atoms. The van der Waals surface area contributed by atoms with Gasteiger partial charge in [-0.25, -0.2) is 15.0 Å². The Hall–Kier alpha value is -2.43. The lowest BCUT2D eigenvalue weighted by molar-refractivity contribution is 0.780. The van der Waals surface area contributed by atoms with Crippen LogP contribution in [0.1, 0.15) is 18.4 Å². The van der Waals surface area contributed by atoms with Crippen LogP contribution in [0, 0.1) is 0 Å². The van der Waals surface area contributed by atoms with Gasteiger partial charge in [0.05, 0.1) is 6.33 Å². The smallest absolute Gasteiger partial charge is 0.182 e. The molecule has 0 atom stereocenters. The molecule has 1 aliphatic rings. The molecule has 1 fully saturated rings. The Morgan fingerprint density at radius 2 is 1.95 bits per heavy atom. The number of aromatic amines is 1. The second-order valence-electron chi connectivity index (χ2n) is 5.14. The Morgan fingerprint density at radius 3 is 2.75 bits per heavy atom. The van der Waals surface area contributed by atoms with Gasteiger partial charge in [-0.1, -0.05) is 30.3 Å². The summed E-state index contributed by atoms with van der Waals surface area (Å²) < 4.78 is 0. The summed E-state index contributed by atoms with van der Waals surface area (Å²) in [6.45, 7) is 0.872. The van der Waals surface area contributed by atoms with Crippen molar-refractivity contribution in [3.8, 4) is 0 Å². The number of hydrogen-bond acceptors (Lipinski definition) is 4. The van der Waals surface area contributed by atoms with Gasteiger partial charge in [-0.2, -0.15) is 0 Å². The van der Waals surface area contributed by atoms with Crippen LogP contribution in [0.15, 0.2) is 43.0 Å². The molecular formula is C15H15N5. The van der Waals surface area contributed by atoms with Crippen molar-refractivity contribution in [1.82, 2.24) is 19.9 Å². The van der Waals surface area contributed by atoms with E-state index in [-0.39, 0.29) is 0 Å². The molecule has 0 radical (unpaired) electrons. The lowest BCUT2D eigenvalue weighted by Gasteiger charge is -2.23. The Morgan fingerprint density at radius 1 is 1.10 bits per heavy atom. The number of aromatic nitrogens is 4. The van der Waals surface area contributed by atoms with Crippen LogP contribution in [-0.2, 0) is 6.54 Å².